The Balaban J connectivity index is 2.55. The summed E-state index contributed by atoms with van der Waals surface area (Å²) in [6, 6.07) is 4.91. The maximum atomic E-state index is 5.01. The molecule has 0 unspecified atom stereocenters. The van der Waals surface area contributed by atoms with Crippen LogP contribution >= 0.6 is 0 Å². The van der Waals surface area contributed by atoms with Crippen molar-refractivity contribution in [2.45, 2.75) is 73.8 Å². The van der Waals surface area contributed by atoms with Crippen molar-refractivity contribution in [3.63, 3.8) is 0 Å². The van der Waals surface area contributed by atoms with E-state index in [4.69, 9.17) is 9.97 Å². The summed E-state index contributed by atoms with van der Waals surface area (Å²) in [4.78, 5) is 9.90. The molecular weight excluding hydrogens is 294 g/mol. The molecule has 0 aliphatic carbocycles. The highest BCUT2D eigenvalue weighted by Crippen LogP contribution is 2.30. The van der Waals surface area contributed by atoms with E-state index in [1.807, 2.05) is 0 Å². The maximum absolute atomic E-state index is 5.01. The minimum Gasteiger partial charge on any atom is -0.366 e. The van der Waals surface area contributed by atoms with Gasteiger partial charge in [0.05, 0.1) is 17.1 Å². The second-order valence-electron chi connectivity index (χ2n) is 6.74. The van der Waals surface area contributed by atoms with Crippen LogP contribution in [0.4, 0.5) is 5.82 Å². The molecule has 0 saturated carbocycles. The summed E-state index contributed by atoms with van der Waals surface area (Å²) >= 11 is 0. The molecule has 0 aliphatic heterocycles. The highest BCUT2D eigenvalue weighted by atomic mass is 15.0. The standard InChI is InChI=1S/C21H31N3/c1-8-17(9-2)23-21-18(10-3)24-20(16(7)22-21)19-14(5)11-13(4)12-15(19)6/h11-12,17H,8-10H2,1-7H3,(H,22,23). The summed E-state index contributed by atoms with van der Waals surface area (Å²) in [5.74, 6) is 0.954. The van der Waals surface area contributed by atoms with Crippen LogP contribution in [0.1, 0.15) is 61.7 Å². The molecule has 24 heavy (non-hydrogen) atoms. The Labute approximate surface area is 146 Å². The lowest BCUT2D eigenvalue weighted by Crippen LogP contribution is -2.20. The number of aryl methyl sites for hydroxylation is 5. The third-order valence-electron chi connectivity index (χ3n) is 4.72. The van der Waals surface area contributed by atoms with Crippen molar-refractivity contribution in [3.05, 3.63) is 40.2 Å². The van der Waals surface area contributed by atoms with Gasteiger partial charge in [0, 0.05) is 11.6 Å². The molecule has 0 aliphatic rings. The molecular formula is C21H31N3. The van der Waals surface area contributed by atoms with Gasteiger partial charge in [-0.3, -0.25) is 0 Å². The lowest BCUT2D eigenvalue weighted by atomic mass is 9.96. The summed E-state index contributed by atoms with van der Waals surface area (Å²) in [7, 11) is 0. The average Bonchev–Trinajstić information content (AvgIpc) is 2.53. The number of aromatic nitrogens is 2. The first-order valence-corrected chi connectivity index (χ1v) is 9.13. The number of hydrogen-bond acceptors (Lipinski definition) is 3. The van der Waals surface area contributed by atoms with E-state index in [-0.39, 0.29) is 0 Å². The van der Waals surface area contributed by atoms with Gasteiger partial charge in [0.2, 0.25) is 0 Å². The molecule has 1 heterocycles. The normalized spacial score (nSPS) is 11.2. The number of benzene rings is 1. The maximum Gasteiger partial charge on any atom is 0.148 e. The Morgan fingerprint density at radius 1 is 0.917 bits per heavy atom. The Hall–Kier alpha value is -1.90. The molecule has 0 saturated heterocycles. The van der Waals surface area contributed by atoms with Crippen LogP contribution < -0.4 is 5.32 Å². The highest BCUT2D eigenvalue weighted by Gasteiger charge is 2.16. The van der Waals surface area contributed by atoms with E-state index in [1.54, 1.807) is 0 Å². The zero-order valence-corrected chi connectivity index (χ0v) is 16.2. The van der Waals surface area contributed by atoms with Crippen molar-refractivity contribution in [3.8, 4) is 11.3 Å². The number of hydrogen-bond donors (Lipinski definition) is 1. The van der Waals surface area contributed by atoms with Gasteiger partial charge in [0.1, 0.15) is 5.82 Å². The lowest BCUT2D eigenvalue weighted by Gasteiger charge is -2.20. The third-order valence-corrected chi connectivity index (χ3v) is 4.72. The van der Waals surface area contributed by atoms with Crippen molar-refractivity contribution in [2.75, 3.05) is 5.32 Å². The first-order chi connectivity index (χ1) is 11.4. The number of nitrogens with one attached hydrogen (secondary N) is 1. The van der Waals surface area contributed by atoms with Crippen LogP contribution in [0.5, 0.6) is 0 Å². The molecule has 2 aromatic rings. The highest BCUT2D eigenvalue weighted by molar-refractivity contribution is 5.71. The topological polar surface area (TPSA) is 37.8 Å². The Morgan fingerprint density at radius 2 is 1.50 bits per heavy atom. The minimum absolute atomic E-state index is 0.456. The summed E-state index contributed by atoms with van der Waals surface area (Å²) in [6.07, 6.45) is 3.07. The van der Waals surface area contributed by atoms with Crippen LogP contribution in [0, 0.1) is 27.7 Å². The van der Waals surface area contributed by atoms with Gasteiger partial charge in [-0.25, -0.2) is 9.97 Å². The van der Waals surface area contributed by atoms with Crippen molar-refractivity contribution >= 4 is 5.82 Å². The first kappa shape index (κ1) is 18.4. The fraction of sp³-hybridized carbons (Fsp3) is 0.524. The van der Waals surface area contributed by atoms with Crippen LogP contribution in [0.15, 0.2) is 12.1 Å². The van der Waals surface area contributed by atoms with Crippen LogP contribution in [0.3, 0.4) is 0 Å². The second-order valence-corrected chi connectivity index (χ2v) is 6.74. The predicted octanol–water partition coefficient (Wildman–Crippen LogP) is 5.54. The molecule has 0 amide bonds. The van der Waals surface area contributed by atoms with Gasteiger partial charge < -0.3 is 5.32 Å². The summed E-state index contributed by atoms with van der Waals surface area (Å²) in [5.41, 5.74) is 8.14. The van der Waals surface area contributed by atoms with Crippen molar-refractivity contribution in [1.29, 1.82) is 0 Å². The van der Waals surface area contributed by atoms with Crippen molar-refractivity contribution in [1.82, 2.24) is 9.97 Å². The van der Waals surface area contributed by atoms with E-state index in [2.05, 4.69) is 65.9 Å². The summed E-state index contributed by atoms with van der Waals surface area (Å²) < 4.78 is 0. The molecule has 0 spiro atoms. The van der Waals surface area contributed by atoms with Gasteiger partial charge in [-0.05, 0) is 58.1 Å². The number of anilines is 1. The van der Waals surface area contributed by atoms with E-state index in [9.17, 15) is 0 Å². The molecule has 3 heteroatoms. The average molecular weight is 326 g/mol. The third kappa shape index (κ3) is 3.77. The fourth-order valence-corrected chi connectivity index (χ4v) is 3.39. The molecule has 1 aromatic carbocycles. The van der Waals surface area contributed by atoms with E-state index >= 15 is 0 Å². The fourth-order valence-electron chi connectivity index (χ4n) is 3.39. The molecule has 0 atom stereocenters. The summed E-state index contributed by atoms with van der Waals surface area (Å²) in [6.45, 7) is 15.1. The van der Waals surface area contributed by atoms with E-state index in [0.29, 0.717) is 6.04 Å². The first-order valence-electron chi connectivity index (χ1n) is 9.13. The second kappa shape index (κ2) is 7.78. The van der Waals surface area contributed by atoms with Crippen LogP contribution in [-0.2, 0) is 6.42 Å². The molecule has 0 radical (unpaired) electrons. The monoisotopic (exact) mass is 325 g/mol. The lowest BCUT2D eigenvalue weighted by molar-refractivity contribution is 0.665. The minimum atomic E-state index is 0.456. The van der Waals surface area contributed by atoms with Crippen LogP contribution in [0.25, 0.3) is 11.3 Å². The molecule has 0 bridgehead atoms. The molecule has 1 N–H and O–H groups in total. The molecule has 130 valence electrons. The zero-order chi connectivity index (χ0) is 17.9. The summed E-state index contributed by atoms with van der Waals surface area (Å²) in [5, 5.41) is 3.58. The molecule has 0 fully saturated rings. The van der Waals surface area contributed by atoms with Gasteiger partial charge in [-0.2, -0.15) is 0 Å². The van der Waals surface area contributed by atoms with Crippen LogP contribution in [-0.4, -0.2) is 16.0 Å². The van der Waals surface area contributed by atoms with Gasteiger partial charge in [0.25, 0.3) is 0 Å². The molecule has 3 nitrogen and oxygen atoms in total. The number of rotatable bonds is 6. The van der Waals surface area contributed by atoms with E-state index in [1.165, 1.54) is 22.3 Å². The molecule has 1 aromatic heterocycles. The van der Waals surface area contributed by atoms with Crippen LogP contribution in [0.2, 0.25) is 0 Å². The SMILES string of the molecule is CCc1nc(-c2c(C)cc(C)cc2C)c(C)nc1NC(CC)CC. The van der Waals surface area contributed by atoms with Crippen molar-refractivity contribution in [2.24, 2.45) is 0 Å². The smallest absolute Gasteiger partial charge is 0.148 e. The molecule has 2 rings (SSSR count). The Bertz CT molecular complexity index is 692. The van der Waals surface area contributed by atoms with E-state index < -0.39 is 0 Å². The van der Waals surface area contributed by atoms with Gasteiger partial charge in [0.15, 0.2) is 0 Å². The van der Waals surface area contributed by atoms with Gasteiger partial charge in [-0.1, -0.05) is 38.5 Å². The largest absolute Gasteiger partial charge is 0.366 e. The van der Waals surface area contributed by atoms with E-state index in [0.717, 1.165) is 42.2 Å². The Kier molecular flexibility index (Phi) is 5.98. The Morgan fingerprint density at radius 3 is 2.00 bits per heavy atom. The zero-order valence-electron chi connectivity index (χ0n) is 16.2. The van der Waals surface area contributed by atoms with Gasteiger partial charge in [-0.15, -0.1) is 0 Å². The van der Waals surface area contributed by atoms with Gasteiger partial charge >= 0.3 is 0 Å². The number of nitrogens with zero attached hydrogens (tertiary/aromatic N) is 2. The van der Waals surface area contributed by atoms with Crippen molar-refractivity contribution < 1.29 is 0 Å². The predicted molar refractivity (Wildman–Crippen MR) is 104 cm³/mol. The quantitative estimate of drug-likeness (QED) is 0.757.